The van der Waals surface area contributed by atoms with Crippen molar-refractivity contribution in [3.05, 3.63) is 94.4 Å². The zero-order valence-electron chi connectivity index (χ0n) is 13.9. The van der Waals surface area contributed by atoms with Gasteiger partial charge in [-0.3, -0.25) is 9.78 Å². The summed E-state index contributed by atoms with van der Waals surface area (Å²) in [6.07, 6.45) is 6.24. The number of carbonyl (C=O) groups excluding carboxylic acids is 1. The van der Waals surface area contributed by atoms with Crippen molar-refractivity contribution in [2.75, 3.05) is 10.6 Å². The van der Waals surface area contributed by atoms with E-state index < -0.39 is 0 Å². The number of hydrogen-bond donors (Lipinski definition) is 2. The summed E-state index contributed by atoms with van der Waals surface area (Å²) < 4.78 is 0.940. The Kier molecular flexibility index (Phi) is 4.54. The van der Waals surface area contributed by atoms with Crippen LogP contribution in [-0.2, 0) is 11.2 Å². The predicted octanol–water partition coefficient (Wildman–Crippen LogP) is 4.84. The molecule has 0 fully saturated rings. The Morgan fingerprint density at radius 3 is 2.50 bits per heavy atom. The molecule has 0 saturated carbocycles. The van der Waals surface area contributed by atoms with Gasteiger partial charge < -0.3 is 10.6 Å². The van der Waals surface area contributed by atoms with Crippen LogP contribution < -0.4 is 10.6 Å². The second kappa shape index (κ2) is 7.14. The molecule has 4 nitrogen and oxygen atoms in total. The van der Waals surface area contributed by atoms with Gasteiger partial charge in [0, 0.05) is 34.3 Å². The molecule has 0 aliphatic carbocycles. The van der Waals surface area contributed by atoms with Gasteiger partial charge in [-0.05, 0) is 53.9 Å². The summed E-state index contributed by atoms with van der Waals surface area (Å²) in [4.78, 5) is 16.2. The molecule has 0 spiro atoms. The summed E-state index contributed by atoms with van der Waals surface area (Å²) in [7, 11) is 0. The molecular weight excluding hydrogens is 390 g/mol. The third-order valence-electron chi connectivity index (χ3n) is 4.26. The lowest BCUT2D eigenvalue weighted by Crippen LogP contribution is -2.05. The summed E-state index contributed by atoms with van der Waals surface area (Å²) in [5.41, 5.74) is 5.75. The Morgan fingerprint density at radius 2 is 1.73 bits per heavy atom. The lowest BCUT2D eigenvalue weighted by Gasteiger charge is -2.05. The normalized spacial score (nSPS) is 14.2. The molecule has 2 aromatic carbocycles. The van der Waals surface area contributed by atoms with Crippen LogP contribution in [0.1, 0.15) is 16.7 Å². The fourth-order valence-electron chi connectivity index (χ4n) is 2.92. The number of pyridine rings is 1. The van der Waals surface area contributed by atoms with E-state index in [0.29, 0.717) is 5.57 Å². The van der Waals surface area contributed by atoms with Crippen molar-refractivity contribution in [3.8, 4) is 0 Å². The van der Waals surface area contributed by atoms with Gasteiger partial charge in [0.05, 0.1) is 11.3 Å². The topological polar surface area (TPSA) is 54.0 Å². The highest BCUT2D eigenvalue weighted by atomic mass is 79.9. The molecule has 4 rings (SSSR count). The summed E-state index contributed by atoms with van der Waals surface area (Å²) >= 11 is 3.42. The molecule has 2 heterocycles. The lowest BCUT2D eigenvalue weighted by atomic mass is 10.1. The van der Waals surface area contributed by atoms with Crippen molar-refractivity contribution in [2.45, 2.75) is 6.42 Å². The zero-order valence-corrected chi connectivity index (χ0v) is 15.5. The molecule has 0 saturated heterocycles. The van der Waals surface area contributed by atoms with E-state index >= 15 is 0 Å². The van der Waals surface area contributed by atoms with Crippen LogP contribution in [0.15, 0.2) is 77.7 Å². The first-order chi connectivity index (χ1) is 12.7. The van der Waals surface area contributed by atoms with E-state index in [-0.39, 0.29) is 5.91 Å². The van der Waals surface area contributed by atoms with Crippen LogP contribution in [0.3, 0.4) is 0 Å². The quantitative estimate of drug-likeness (QED) is 0.610. The zero-order chi connectivity index (χ0) is 17.9. The first-order valence-corrected chi connectivity index (χ1v) is 9.04. The van der Waals surface area contributed by atoms with Crippen LogP contribution in [0.25, 0.3) is 5.57 Å². The minimum atomic E-state index is -0.0973. The molecule has 0 unspecified atom stereocenters. The summed E-state index contributed by atoms with van der Waals surface area (Å²) in [6.45, 7) is 0. The Labute approximate surface area is 160 Å². The molecule has 3 aromatic rings. The molecule has 5 heteroatoms. The SMILES string of the molecule is O=C1Nc2cc(Br)ccc2C1=CNc1ccc(Cc2ccncc2)cc1. The fourth-order valence-corrected chi connectivity index (χ4v) is 3.28. The minimum absolute atomic E-state index is 0.0973. The van der Waals surface area contributed by atoms with E-state index in [1.807, 2.05) is 42.5 Å². The van der Waals surface area contributed by atoms with E-state index in [2.05, 4.69) is 43.7 Å². The summed E-state index contributed by atoms with van der Waals surface area (Å²) in [6, 6.07) is 18.0. The second-order valence-electron chi connectivity index (χ2n) is 6.08. The first kappa shape index (κ1) is 16.5. The molecule has 1 aromatic heterocycles. The highest BCUT2D eigenvalue weighted by Gasteiger charge is 2.23. The van der Waals surface area contributed by atoms with Gasteiger partial charge in [0.25, 0.3) is 5.91 Å². The number of benzene rings is 2. The van der Waals surface area contributed by atoms with Crippen molar-refractivity contribution in [1.29, 1.82) is 0 Å². The van der Waals surface area contributed by atoms with Crippen molar-refractivity contribution in [3.63, 3.8) is 0 Å². The average molecular weight is 406 g/mol. The summed E-state index contributed by atoms with van der Waals surface area (Å²) in [5.74, 6) is -0.0973. The van der Waals surface area contributed by atoms with E-state index in [0.717, 1.165) is 27.8 Å². The van der Waals surface area contributed by atoms with Gasteiger partial charge in [0.15, 0.2) is 0 Å². The highest BCUT2D eigenvalue weighted by Crippen LogP contribution is 2.33. The van der Waals surface area contributed by atoms with E-state index in [1.165, 1.54) is 11.1 Å². The molecule has 128 valence electrons. The molecule has 1 aliphatic rings. The largest absolute Gasteiger partial charge is 0.361 e. The van der Waals surface area contributed by atoms with Crippen LogP contribution in [-0.4, -0.2) is 10.9 Å². The minimum Gasteiger partial charge on any atom is -0.361 e. The van der Waals surface area contributed by atoms with Gasteiger partial charge in [-0.25, -0.2) is 0 Å². The molecule has 0 atom stereocenters. The number of hydrogen-bond acceptors (Lipinski definition) is 3. The van der Waals surface area contributed by atoms with Gasteiger partial charge in [0.2, 0.25) is 0 Å². The number of anilines is 2. The maximum absolute atomic E-state index is 12.2. The van der Waals surface area contributed by atoms with Gasteiger partial charge in [-0.2, -0.15) is 0 Å². The number of carbonyl (C=O) groups is 1. The average Bonchev–Trinajstić information content (AvgIpc) is 2.96. The van der Waals surface area contributed by atoms with Crippen molar-refractivity contribution >= 4 is 38.8 Å². The maximum atomic E-state index is 12.2. The Bertz CT molecular complexity index is 982. The van der Waals surface area contributed by atoms with Crippen molar-refractivity contribution in [2.24, 2.45) is 0 Å². The molecule has 26 heavy (non-hydrogen) atoms. The van der Waals surface area contributed by atoms with Crippen LogP contribution in [0.5, 0.6) is 0 Å². The lowest BCUT2D eigenvalue weighted by molar-refractivity contribution is -0.110. The molecule has 1 amide bonds. The van der Waals surface area contributed by atoms with Gasteiger partial charge >= 0.3 is 0 Å². The van der Waals surface area contributed by atoms with Crippen LogP contribution in [0.4, 0.5) is 11.4 Å². The smallest absolute Gasteiger partial charge is 0.257 e. The molecule has 0 radical (unpaired) electrons. The Balaban J connectivity index is 1.48. The number of aromatic nitrogens is 1. The highest BCUT2D eigenvalue weighted by molar-refractivity contribution is 9.10. The predicted molar refractivity (Wildman–Crippen MR) is 108 cm³/mol. The number of halogens is 1. The third-order valence-corrected chi connectivity index (χ3v) is 4.75. The Hall–Kier alpha value is -2.92. The number of nitrogens with one attached hydrogen (secondary N) is 2. The van der Waals surface area contributed by atoms with Crippen LogP contribution >= 0.6 is 15.9 Å². The third kappa shape index (κ3) is 3.53. The maximum Gasteiger partial charge on any atom is 0.257 e. The van der Waals surface area contributed by atoms with Crippen LogP contribution in [0.2, 0.25) is 0 Å². The van der Waals surface area contributed by atoms with E-state index in [4.69, 9.17) is 0 Å². The van der Waals surface area contributed by atoms with E-state index in [9.17, 15) is 4.79 Å². The number of fused-ring (bicyclic) bond motifs is 1. The Morgan fingerprint density at radius 1 is 1.00 bits per heavy atom. The van der Waals surface area contributed by atoms with E-state index in [1.54, 1.807) is 18.6 Å². The number of rotatable bonds is 4. The van der Waals surface area contributed by atoms with Gasteiger partial charge in [0.1, 0.15) is 0 Å². The summed E-state index contributed by atoms with van der Waals surface area (Å²) in [5, 5.41) is 6.10. The number of nitrogens with zero attached hydrogens (tertiary/aromatic N) is 1. The first-order valence-electron chi connectivity index (χ1n) is 8.25. The van der Waals surface area contributed by atoms with Crippen molar-refractivity contribution < 1.29 is 4.79 Å². The second-order valence-corrected chi connectivity index (χ2v) is 6.99. The molecular formula is C21H16BrN3O. The number of amides is 1. The van der Waals surface area contributed by atoms with Crippen molar-refractivity contribution in [1.82, 2.24) is 4.98 Å². The fraction of sp³-hybridized carbons (Fsp3) is 0.0476. The standard InChI is InChI=1S/C21H16BrN3O/c22-16-3-6-18-19(21(26)25-20(18)12-16)13-24-17-4-1-14(2-5-17)11-15-7-9-23-10-8-15/h1-10,12-13,24H,11H2,(H,25,26). The van der Waals surface area contributed by atoms with Crippen LogP contribution in [0, 0.1) is 0 Å². The molecule has 0 bridgehead atoms. The molecule has 2 N–H and O–H groups in total. The van der Waals surface area contributed by atoms with Gasteiger partial charge in [-0.1, -0.05) is 34.1 Å². The van der Waals surface area contributed by atoms with Gasteiger partial charge in [-0.15, -0.1) is 0 Å². The monoisotopic (exact) mass is 405 g/mol. The molecule has 1 aliphatic heterocycles.